The maximum absolute atomic E-state index is 10.3. The van der Waals surface area contributed by atoms with Crippen LogP contribution in [0.3, 0.4) is 0 Å². The van der Waals surface area contributed by atoms with Gasteiger partial charge in [0.25, 0.3) is 0 Å². The number of aromatic nitrogens is 1. The van der Waals surface area contributed by atoms with Crippen LogP contribution in [0.15, 0.2) is 18.5 Å². The van der Waals surface area contributed by atoms with Gasteiger partial charge in [-0.2, -0.15) is 0 Å². The van der Waals surface area contributed by atoms with Crippen molar-refractivity contribution in [2.45, 2.75) is 0 Å². The maximum atomic E-state index is 10.3. The fourth-order valence-electron chi connectivity index (χ4n) is 0.740. The predicted octanol–water partition coefficient (Wildman–Crippen LogP) is -1.43. The summed E-state index contributed by atoms with van der Waals surface area (Å²) in [6.07, 6.45) is 3.21. The Kier molecular flexibility index (Phi) is 2.35. The van der Waals surface area contributed by atoms with Crippen LogP contribution in [0.2, 0.25) is 0 Å². The molecule has 1 aromatic rings. The summed E-state index contributed by atoms with van der Waals surface area (Å²) in [5.74, 6) is 0. The van der Waals surface area contributed by atoms with Crippen molar-refractivity contribution in [2.75, 3.05) is 0 Å². The van der Waals surface area contributed by atoms with E-state index in [1.807, 2.05) is 0 Å². The highest BCUT2D eigenvalue weighted by Crippen LogP contribution is 1.89. The van der Waals surface area contributed by atoms with Crippen LogP contribution in [0.5, 0.6) is 0 Å². The third kappa shape index (κ3) is 1.63. The topological polar surface area (TPSA) is 70.4 Å². The highest BCUT2D eigenvalue weighted by Gasteiger charge is 2.14. The Morgan fingerprint density at radius 2 is 2.27 bits per heavy atom. The van der Waals surface area contributed by atoms with Gasteiger partial charge in [-0.05, 0) is 6.07 Å². The second-order valence-electron chi connectivity index (χ2n) is 2.00. The second kappa shape index (κ2) is 3.27. The fourth-order valence-corrected chi connectivity index (χ4v) is 0.740. The fraction of sp³-hybridized carbons (Fsp3) is 0. The number of hydrogen-bond acceptors (Lipinski definition) is 4. The summed E-state index contributed by atoms with van der Waals surface area (Å²) in [5, 5.41) is 17.4. The standard InChI is InChI=1S/C6H6BNO3/c9-4-5-1-2-8-3-6(5)7(10)11/h1-4,10-11H. The minimum Gasteiger partial charge on any atom is -0.423 e. The Balaban J connectivity index is 3.12. The number of nitrogens with zero attached hydrogens (tertiary/aromatic N) is 1. The van der Waals surface area contributed by atoms with Gasteiger partial charge in [-0.1, -0.05) is 0 Å². The summed E-state index contributed by atoms with van der Waals surface area (Å²) >= 11 is 0. The normalized spacial score (nSPS) is 9.27. The molecule has 0 aromatic carbocycles. The molecular formula is C6H6BNO3. The molecular weight excluding hydrogens is 145 g/mol. The SMILES string of the molecule is O=Cc1ccncc1B(O)O. The van der Waals surface area contributed by atoms with Crippen molar-refractivity contribution >= 4 is 18.9 Å². The molecule has 0 saturated heterocycles. The van der Waals surface area contributed by atoms with E-state index in [0.717, 1.165) is 0 Å². The van der Waals surface area contributed by atoms with Crippen LogP contribution in [-0.2, 0) is 0 Å². The molecule has 0 aliphatic heterocycles. The maximum Gasteiger partial charge on any atom is 0.490 e. The lowest BCUT2D eigenvalue weighted by molar-refractivity contribution is 0.112. The molecule has 0 unspecified atom stereocenters. The lowest BCUT2D eigenvalue weighted by Crippen LogP contribution is -2.33. The smallest absolute Gasteiger partial charge is 0.423 e. The first kappa shape index (κ1) is 7.91. The van der Waals surface area contributed by atoms with Crippen LogP contribution in [0.4, 0.5) is 0 Å². The molecule has 1 heterocycles. The summed E-state index contributed by atoms with van der Waals surface area (Å²) in [5.41, 5.74) is 0.373. The Labute approximate surface area is 63.7 Å². The molecule has 56 valence electrons. The van der Waals surface area contributed by atoms with Crippen LogP contribution >= 0.6 is 0 Å². The number of hydrogen-bond donors (Lipinski definition) is 2. The summed E-state index contributed by atoms with van der Waals surface area (Å²) in [6, 6.07) is 1.42. The van der Waals surface area contributed by atoms with Gasteiger partial charge in [-0.15, -0.1) is 0 Å². The minimum absolute atomic E-state index is 0.127. The molecule has 1 rings (SSSR count). The van der Waals surface area contributed by atoms with Gasteiger partial charge in [-0.25, -0.2) is 0 Å². The number of pyridine rings is 1. The zero-order chi connectivity index (χ0) is 8.27. The van der Waals surface area contributed by atoms with Gasteiger partial charge in [-0.3, -0.25) is 9.78 Å². The molecule has 11 heavy (non-hydrogen) atoms. The van der Waals surface area contributed by atoms with E-state index in [1.54, 1.807) is 0 Å². The van der Waals surface area contributed by atoms with Crippen molar-refractivity contribution in [1.82, 2.24) is 4.98 Å². The summed E-state index contributed by atoms with van der Waals surface area (Å²) in [4.78, 5) is 13.9. The number of rotatable bonds is 2. The first-order chi connectivity index (χ1) is 5.25. The van der Waals surface area contributed by atoms with E-state index in [0.29, 0.717) is 6.29 Å². The lowest BCUT2D eigenvalue weighted by atomic mass is 9.79. The average Bonchev–Trinajstić information content (AvgIpc) is 2.04. The zero-order valence-corrected chi connectivity index (χ0v) is 5.64. The quantitative estimate of drug-likeness (QED) is 0.401. The van der Waals surface area contributed by atoms with Crippen molar-refractivity contribution in [2.24, 2.45) is 0 Å². The van der Waals surface area contributed by atoms with Crippen molar-refractivity contribution in [1.29, 1.82) is 0 Å². The van der Waals surface area contributed by atoms with E-state index in [4.69, 9.17) is 10.0 Å². The number of carbonyl (C=O) groups excluding carboxylic acids is 1. The number of aldehydes is 1. The summed E-state index contributed by atoms with van der Waals surface area (Å²) < 4.78 is 0. The Bertz CT molecular complexity index is 264. The van der Waals surface area contributed by atoms with Gasteiger partial charge in [0.1, 0.15) is 6.29 Å². The average molecular weight is 151 g/mol. The van der Waals surface area contributed by atoms with Gasteiger partial charge >= 0.3 is 7.12 Å². The second-order valence-corrected chi connectivity index (χ2v) is 2.00. The monoisotopic (exact) mass is 151 g/mol. The molecule has 0 amide bonds. The van der Waals surface area contributed by atoms with Gasteiger partial charge in [0.15, 0.2) is 0 Å². The van der Waals surface area contributed by atoms with E-state index in [2.05, 4.69) is 4.98 Å². The summed E-state index contributed by atoms with van der Waals surface area (Å²) in [7, 11) is -1.64. The molecule has 0 bridgehead atoms. The Morgan fingerprint density at radius 1 is 1.55 bits per heavy atom. The lowest BCUT2D eigenvalue weighted by Gasteiger charge is -1.99. The highest BCUT2D eigenvalue weighted by atomic mass is 16.4. The third-order valence-corrected chi connectivity index (χ3v) is 1.29. The van der Waals surface area contributed by atoms with Crippen molar-refractivity contribution in [3.63, 3.8) is 0 Å². The first-order valence-electron chi connectivity index (χ1n) is 3.01. The van der Waals surface area contributed by atoms with Crippen molar-refractivity contribution < 1.29 is 14.8 Å². The van der Waals surface area contributed by atoms with Gasteiger partial charge in [0, 0.05) is 23.4 Å². The molecule has 0 radical (unpaired) electrons. The van der Waals surface area contributed by atoms with E-state index in [1.165, 1.54) is 18.5 Å². The van der Waals surface area contributed by atoms with Gasteiger partial charge in [0.2, 0.25) is 0 Å². The van der Waals surface area contributed by atoms with Crippen LogP contribution in [-0.4, -0.2) is 28.4 Å². The Hall–Kier alpha value is -1.20. The minimum atomic E-state index is -1.64. The predicted molar refractivity (Wildman–Crippen MR) is 39.5 cm³/mol. The van der Waals surface area contributed by atoms with E-state index >= 15 is 0 Å². The Morgan fingerprint density at radius 3 is 2.73 bits per heavy atom. The van der Waals surface area contributed by atoms with Crippen LogP contribution in [0.25, 0.3) is 0 Å². The summed E-state index contributed by atoms with van der Waals surface area (Å²) in [6.45, 7) is 0. The van der Waals surface area contributed by atoms with E-state index in [9.17, 15) is 4.79 Å². The molecule has 0 atom stereocenters. The van der Waals surface area contributed by atoms with Gasteiger partial charge in [0.05, 0.1) is 0 Å². The first-order valence-corrected chi connectivity index (χ1v) is 3.01. The highest BCUT2D eigenvalue weighted by molar-refractivity contribution is 6.59. The molecule has 4 nitrogen and oxygen atoms in total. The third-order valence-electron chi connectivity index (χ3n) is 1.29. The zero-order valence-electron chi connectivity index (χ0n) is 5.64. The molecule has 5 heteroatoms. The van der Waals surface area contributed by atoms with Crippen molar-refractivity contribution in [3.05, 3.63) is 24.0 Å². The van der Waals surface area contributed by atoms with Gasteiger partial charge < -0.3 is 10.0 Å². The van der Waals surface area contributed by atoms with Crippen LogP contribution < -0.4 is 5.46 Å². The molecule has 2 N–H and O–H groups in total. The molecule has 0 spiro atoms. The van der Waals surface area contributed by atoms with Crippen molar-refractivity contribution in [3.8, 4) is 0 Å². The molecule has 1 aromatic heterocycles. The number of carbonyl (C=O) groups is 1. The van der Waals surface area contributed by atoms with E-state index < -0.39 is 7.12 Å². The molecule has 0 aliphatic rings. The molecule has 0 saturated carbocycles. The molecule has 0 fully saturated rings. The van der Waals surface area contributed by atoms with Crippen LogP contribution in [0, 0.1) is 0 Å². The van der Waals surface area contributed by atoms with Crippen LogP contribution in [0.1, 0.15) is 10.4 Å². The largest absolute Gasteiger partial charge is 0.490 e. The molecule has 0 aliphatic carbocycles. The van der Waals surface area contributed by atoms with E-state index in [-0.39, 0.29) is 11.0 Å².